The Balaban J connectivity index is 0.00000161. The third-order valence-electron chi connectivity index (χ3n) is 3.32. The number of hydrogen-bond donors (Lipinski definition) is 2. The van der Waals surface area contributed by atoms with Crippen LogP contribution in [0.5, 0.6) is 0 Å². The van der Waals surface area contributed by atoms with Crippen molar-refractivity contribution < 1.29 is 17.4 Å². The molecule has 1 heterocycles. The Morgan fingerprint density at radius 2 is 1.76 bits per heavy atom. The van der Waals surface area contributed by atoms with Crippen molar-refractivity contribution in [2.75, 3.05) is 12.1 Å². The molecule has 2 aromatic carbocycles. The number of halogens is 1. The Hall–Kier alpha value is -2.04. The fraction of sp³-hybridized carbons (Fsp3) is 0.188. The fourth-order valence-corrected chi connectivity index (χ4v) is 2.32. The predicted octanol–water partition coefficient (Wildman–Crippen LogP) is -0.933. The summed E-state index contributed by atoms with van der Waals surface area (Å²) >= 11 is 0. The van der Waals surface area contributed by atoms with E-state index in [1.807, 2.05) is 11.3 Å². The lowest BCUT2D eigenvalue weighted by Gasteiger charge is -2.16. The number of nitrogens with zero attached hydrogens (tertiary/aromatic N) is 2. The number of hydrazine groups is 1. The molecular weight excluding hydrogens is 284 g/mol. The Morgan fingerprint density at radius 1 is 1.05 bits per heavy atom. The number of quaternary nitrogens is 1. The SMILES string of the molecule is Cc1cccc(NN2C=N[NH+](c3cccc(C)c3)C2)c1.[Cl-]. The molecule has 0 bridgehead atoms. The van der Waals surface area contributed by atoms with E-state index in [4.69, 9.17) is 0 Å². The lowest BCUT2D eigenvalue weighted by atomic mass is 10.2. The van der Waals surface area contributed by atoms with Gasteiger partial charge >= 0.3 is 0 Å². The number of rotatable bonds is 3. The van der Waals surface area contributed by atoms with Gasteiger partial charge in [0.15, 0.2) is 12.0 Å². The summed E-state index contributed by atoms with van der Waals surface area (Å²) in [5.41, 5.74) is 8.14. The van der Waals surface area contributed by atoms with Crippen LogP contribution in [-0.4, -0.2) is 18.0 Å². The van der Waals surface area contributed by atoms with E-state index in [0.717, 1.165) is 17.4 Å². The molecule has 0 aliphatic carbocycles. The average Bonchev–Trinajstić information content (AvgIpc) is 2.87. The van der Waals surface area contributed by atoms with Crippen LogP contribution in [0.15, 0.2) is 53.6 Å². The highest BCUT2D eigenvalue weighted by atomic mass is 35.5. The molecular formula is C16H19ClN4. The Bertz CT molecular complexity index is 642. The molecule has 5 heteroatoms. The zero-order valence-electron chi connectivity index (χ0n) is 12.2. The van der Waals surface area contributed by atoms with Crippen LogP contribution in [0.3, 0.4) is 0 Å². The van der Waals surface area contributed by atoms with Crippen molar-refractivity contribution in [3.05, 3.63) is 59.7 Å². The van der Waals surface area contributed by atoms with Crippen LogP contribution >= 0.6 is 0 Å². The highest BCUT2D eigenvalue weighted by Gasteiger charge is 2.21. The largest absolute Gasteiger partial charge is 1.00 e. The number of aryl methyl sites for hydroxylation is 2. The van der Waals surface area contributed by atoms with Gasteiger partial charge in [-0.15, -0.1) is 0 Å². The zero-order chi connectivity index (χ0) is 13.9. The first-order chi connectivity index (χ1) is 9.70. The molecule has 2 aromatic rings. The van der Waals surface area contributed by atoms with Gasteiger partial charge in [-0.1, -0.05) is 29.4 Å². The molecule has 110 valence electrons. The van der Waals surface area contributed by atoms with Gasteiger partial charge in [-0.25, -0.2) is 5.01 Å². The van der Waals surface area contributed by atoms with Gasteiger partial charge in [-0.3, -0.25) is 5.43 Å². The molecule has 0 fully saturated rings. The van der Waals surface area contributed by atoms with Crippen molar-refractivity contribution >= 4 is 17.7 Å². The molecule has 21 heavy (non-hydrogen) atoms. The first-order valence-electron chi connectivity index (χ1n) is 6.78. The second-order valence-corrected chi connectivity index (χ2v) is 5.17. The van der Waals surface area contributed by atoms with Gasteiger partial charge < -0.3 is 12.4 Å². The van der Waals surface area contributed by atoms with Crippen LogP contribution < -0.4 is 22.8 Å². The number of benzene rings is 2. The molecule has 1 aliphatic heterocycles. The molecule has 0 amide bonds. The van der Waals surface area contributed by atoms with E-state index >= 15 is 0 Å². The molecule has 0 spiro atoms. The predicted molar refractivity (Wildman–Crippen MR) is 81.8 cm³/mol. The minimum atomic E-state index is 0. The monoisotopic (exact) mass is 302 g/mol. The lowest BCUT2D eigenvalue weighted by Crippen LogP contribution is -3.02. The summed E-state index contributed by atoms with van der Waals surface area (Å²) in [7, 11) is 0. The number of nitrogens with one attached hydrogen (secondary N) is 2. The molecule has 0 saturated carbocycles. The third kappa shape index (κ3) is 3.74. The maximum Gasteiger partial charge on any atom is 0.201 e. The van der Waals surface area contributed by atoms with E-state index in [9.17, 15) is 0 Å². The van der Waals surface area contributed by atoms with E-state index in [2.05, 4.69) is 72.9 Å². The second kappa shape index (κ2) is 6.61. The van der Waals surface area contributed by atoms with Crippen molar-refractivity contribution in [3.8, 4) is 0 Å². The summed E-state index contributed by atoms with van der Waals surface area (Å²) in [6, 6.07) is 16.8. The van der Waals surface area contributed by atoms with Crippen molar-refractivity contribution in [1.29, 1.82) is 0 Å². The summed E-state index contributed by atoms with van der Waals surface area (Å²) in [5, 5.41) is 7.60. The molecule has 4 nitrogen and oxygen atoms in total. The van der Waals surface area contributed by atoms with E-state index < -0.39 is 0 Å². The summed E-state index contributed by atoms with van der Waals surface area (Å²) in [6.45, 7) is 4.97. The zero-order valence-corrected chi connectivity index (χ0v) is 12.9. The van der Waals surface area contributed by atoms with Crippen LogP contribution in [-0.2, 0) is 0 Å². The Kier molecular flexibility index (Phi) is 4.83. The maximum atomic E-state index is 4.50. The highest BCUT2D eigenvalue weighted by molar-refractivity contribution is 5.59. The van der Waals surface area contributed by atoms with Crippen LogP contribution in [0.25, 0.3) is 0 Å². The normalized spacial score (nSPS) is 16.7. The Morgan fingerprint density at radius 3 is 2.48 bits per heavy atom. The minimum absolute atomic E-state index is 0. The van der Waals surface area contributed by atoms with E-state index in [0.29, 0.717) is 0 Å². The summed E-state index contributed by atoms with van der Waals surface area (Å²) in [6.07, 6.45) is 1.85. The number of anilines is 1. The average molecular weight is 303 g/mol. The molecule has 1 aliphatic rings. The van der Waals surface area contributed by atoms with Gasteiger partial charge in [0.05, 0.1) is 5.69 Å². The molecule has 1 atom stereocenters. The molecule has 0 aromatic heterocycles. The topological polar surface area (TPSA) is 32.1 Å². The van der Waals surface area contributed by atoms with Gasteiger partial charge in [0, 0.05) is 12.1 Å². The Labute approximate surface area is 131 Å². The first-order valence-corrected chi connectivity index (χ1v) is 6.78. The molecule has 0 radical (unpaired) electrons. The van der Waals surface area contributed by atoms with Gasteiger partial charge in [-0.2, -0.15) is 5.01 Å². The first kappa shape index (κ1) is 15.4. The molecule has 0 saturated heterocycles. The van der Waals surface area contributed by atoms with E-state index in [-0.39, 0.29) is 12.4 Å². The fourth-order valence-electron chi connectivity index (χ4n) is 2.32. The standard InChI is InChI=1S/C16H18N4.ClH/c1-13-5-3-7-15(9-13)18-19-11-17-20(12-19)16-8-4-6-14(2)10-16;/h3-11,18H,12H2,1-2H3;1H. The molecule has 1 unspecified atom stereocenters. The molecule has 2 N–H and O–H groups in total. The van der Waals surface area contributed by atoms with Gasteiger partial charge in [0.2, 0.25) is 6.67 Å². The van der Waals surface area contributed by atoms with Crippen LogP contribution in [0.1, 0.15) is 11.1 Å². The van der Waals surface area contributed by atoms with Gasteiger partial charge in [-0.05, 0) is 37.1 Å². The van der Waals surface area contributed by atoms with Crippen LogP contribution in [0, 0.1) is 13.8 Å². The maximum absolute atomic E-state index is 4.50. The smallest absolute Gasteiger partial charge is 0.201 e. The summed E-state index contributed by atoms with van der Waals surface area (Å²) in [5.74, 6) is 0. The van der Waals surface area contributed by atoms with Crippen molar-refractivity contribution in [2.24, 2.45) is 5.10 Å². The quantitative estimate of drug-likeness (QED) is 0.768. The molecule has 3 rings (SSSR count). The number of hydrogen-bond acceptors (Lipinski definition) is 3. The van der Waals surface area contributed by atoms with Crippen molar-refractivity contribution in [3.63, 3.8) is 0 Å². The van der Waals surface area contributed by atoms with Crippen molar-refractivity contribution in [1.82, 2.24) is 5.01 Å². The second-order valence-electron chi connectivity index (χ2n) is 5.17. The van der Waals surface area contributed by atoms with Crippen LogP contribution in [0.4, 0.5) is 11.4 Å². The minimum Gasteiger partial charge on any atom is -1.00 e. The third-order valence-corrected chi connectivity index (χ3v) is 3.32. The highest BCUT2D eigenvalue weighted by Crippen LogP contribution is 2.11. The summed E-state index contributed by atoms with van der Waals surface area (Å²) in [4.78, 5) is 0. The van der Waals surface area contributed by atoms with Gasteiger partial charge in [0.25, 0.3) is 0 Å². The van der Waals surface area contributed by atoms with E-state index in [1.165, 1.54) is 16.8 Å². The van der Waals surface area contributed by atoms with Crippen molar-refractivity contribution in [2.45, 2.75) is 13.8 Å². The van der Waals surface area contributed by atoms with E-state index in [1.54, 1.807) is 0 Å². The van der Waals surface area contributed by atoms with Crippen LogP contribution in [0.2, 0.25) is 0 Å². The van der Waals surface area contributed by atoms with Gasteiger partial charge in [0.1, 0.15) is 0 Å². The lowest BCUT2D eigenvalue weighted by molar-refractivity contribution is -0.840. The summed E-state index contributed by atoms with van der Waals surface area (Å²) < 4.78 is 0.